The minimum atomic E-state index is 0.0488. The second-order valence-corrected chi connectivity index (χ2v) is 24.8. The fraction of sp³-hybridized carbons (Fsp3) is 0.965. The fourth-order valence-corrected chi connectivity index (χ4v) is 18.0. The van der Waals surface area contributed by atoms with Crippen LogP contribution in [0.4, 0.5) is 0 Å². The van der Waals surface area contributed by atoms with Crippen LogP contribution in [-0.2, 0) is 19.3 Å². The van der Waals surface area contributed by atoms with Crippen molar-refractivity contribution in [2.24, 2.45) is 76.4 Å². The van der Waals surface area contributed by atoms with Crippen LogP contribution >= 0.6 is 11.6 Å². The van der Waals surface area contributed by atoms with Crippen molar-refractivity contribution >= 4 is 23.4 Å². The van der Waals surface area contributed by atoms with E-state index in [2.05, 4.69) is 40.8 Å². The van der Waals surface area contributed by atoms with Gasteiger partial charge in [0, 0.05) is 36.3 Å². The van der Waals surface area contributed by atoms with Gasteiger partial charge in [-0.25, -0.2) is 0 Å². The van der Waals surface area contributed by atoms with E-state index in [1.54, 1.807) is 0 Å². The summed E-state index contributed by atoms with van der Waals surface area (Å²) in [5, 5.41) is 0. The molecular weight excluding hydrogens is 854 g/mol. The number of likely N-dealkylation sites (tertiary alicyclic amines) is 1. The number of carbonyl (C=O) groups excluding carboxylic acids is 2. The molecule has 0 spiro atoms. The molecule has 14 atom stereocenters. The first kappa shape index (κ1) is 52.4. The highest BCUT2D eigenvalue weighted by Gasteiger charge is 2.61. The van der Waals surface area contributed by atoms with Gasteiger partial charge < -0.3 is 0 Å². The Hall–Kier alpha value is -0.970. The second kappa shape index (κ2) is 26.6. The number of rotatable bonds is 26. The number of halogens is 1. The quantitative estimate of drug-likeness (QED) is 0.0389. The Labute approximate surface area is 414 Å². The van der Waals surface area contributed by atoms with Crippen LogP contribution in [0.25, 0.3) is 0 Å². The van der Waals surface area contributed by atoms with Crippen LogP contribution in [0.5, 0.6) is 0 Å². The summed E-state index contributed by atoms with van der Waals surface area (Å²) >= 11 is 6.32. The lowest BCUT2D eigenvalue weighted by Crippen LogP contribution is -2.46. The van der Waals surface area contributed by atoms with Crippen LogP contribution in [0.1, 0.15) is 232 Å². The van der Waals surface area contributed by atoms with Crippen molar-refractivity contribution < 1.29 is 19.3 Å². The van der Waals surface area contributed by atoms with Gasteiger partial charge in [0.1, 0.15) is 0 Å². The molecule has 0 aromatic carbocycles. The number of nitrogens with one attached hydrogen (secondary N) is 4. The third-order valence-corrected chi connectivity index (χ3v) is 21.1. The molecule has 8 rings (SSSR count). The van der Waals surface area contributed by atoms with Crippen molar-refractivity contribution in [1.29, 1.82) is 0 Å². The summed E-state index contributed by atoms with van der Waals surface area (Å²) in [6, 6.07) is 1.27. The zero-order valence-electron chi connectivity index (χ0n) is 42.9. The predicted molar refractivity (Wildman–Crippen MR) is 272 cm³/mol. The van der Waals surface area contributed by atoms with Gasteiger partial charge in [0.05, 0.1) is 13.2 Å². The van der Waals surface area contributed by atoms with Gasteiger partial charge in [-0.3, -0.25) is 35.0 Å². The highest BCUT2D eigenvalue weighted by molar-refractivity contribution is 6.18. The molecule has 384 valence electrons. The number of alkyl halides is 1. The largest absolute Gasteiger partial charge is 0.296 e. The van der Waals surface area contributed by atoms with Gasteiger partial charge in [-0.2, -0.15) is 0 Å². The van der Waals surface area contributed by atoms with E-state index in [0.29, 0.717) is 66.2 Å². The molecule has 7 aliphatic carbocycles. The van der Waals surface area contributed by atoms with E-state index in [1.165, 1.54) is 186 Å². The predicted octanol–water partition coefficient (Wildman–Crippen LogP) is 13.2. The molecule has 0 bridgehead atoms. The molecule has 4 N–H and O–H groups in total. The third kappa shape index (κ3) is 13.0. The van der Waals surface area contributed by atoms with Crippen molar-refractivity contribution in [2.45, 2.75) is 244 Å². The van der Waals surface area contributed by atoms with Crippen molar-refractivity contribution in [3.63, 3.8) is 0 Å². The Balaban J connectivity index is 0.874. The monoisotopic (exact) mass is 954 g/mol. The zero-order valence-corrected chi connectivity index (χ0v) is 43.7. The van der Waals surface area contributed by atoms with Crippen LogP contribution in [0.15, 0.2) is 0 Å². The highest BCUT2D eigenvalue weighted by Crippen LogP contribution is 2.68. The van der Waals surface area contributed by atoms with Gasteiger partial charge in [0.2, 0.25) is 11.8 Å². The molecule has 0 aromatic rings. The molecule has 0 radical (unpaired) electrons. The molecule has 67 heavy (non-hydrogen) atoms. The normalized spacial score (nSPS) is 36.9. The third-order valence-electron chi connectivity index (χ3n) is 20.9. The summed E-state index contributed by atoms with van der Waals surface area (Å²) < 4.78 is 0. The number of unbranched alkanes of at least 4 members (excludes halogenated alkanes) is 10. The van der Waals surface area contributed by atoms with E-state index in [0.717, 1.165) is 68.2 Å². The fourth-order valence-electron chi connectivity index (χ4n) is 17.8. The first-order chi connectivity index (χ1) is 33.0. The molecule has 2 amide bonds. The standard InChI is InChI=1S/C57H100ClN5O4/c1-3-5-7-9-11-17-32-57(33-18-12-10-8-6-4-2)51-36-41(39-66-61-59-55(64)43-28-31-54-50(37-43)49-24-15-16-25-53(49)63(54)35-34-58)26-29-47(51)48-30-27-44(38-52(48)57)56(65)60-62-67-40-45-22-19-21-42-20-13-14-23-46(42)45/h41-54,61-62H,3-40H2,1-2H3,(H,59,64)(H,60,65). The SMILES string of the molecule is CCCCCCCCC1(CCCCCCCC)C2CC(CONNC(=O)C3CCC4C(C3)C3CCCCC3N4CCCl)CCC2C2CCC(C(=O)NNOCC3CCCC4CCCCC43)CC21. The molecule has 8 aliphatic rings. The van der Waals surface area contributed by atoms with E-state index >= 15 is 0 Å². The molecule has 8 fully saturated rings. The van der Waals surface area contributed by atoms with Crippen molar-refractivity contribution in [3.05, 3.63) is 0 Å². The number of fused-ring (bicyclic) bond motifs is 7. The molecule has 10 heteroatoms. The summed E-state index contributed by atoms with van der Waals surface area (Å²) in [7, 11) is 0. The summed E-state index contributed by atoms with van der Waals surface area (Å²) in [4.78, 5) is 42.8. The summed E-state index contributed by atoms with van der Waals surface area (Å²) in [6.45, 7) is 7.00. The second-order valence-electron chi connectivity index (χ2n) is 24.4. The van der Waals surface area contributed by atoms with E-state index in [4.69, 9.17) is 21.3 Å². The van der Waals surface area contributed by atoms with Crippen LogP contribution in [0.3, 0.4) is 0 Å². The molecular formula is C57H100ClN5O4. The lowest BCUT2D eigenvalue weighted by molar-refractivity contribution is -0.135. The number of nitrogens with zero attached hydrogens (tertiary/aromatic N) is 1. The van der Waals surface area contributed by atoms with Gasteiger partial charge in [0.15, 0.2) is 0 Å². The Bertz CT molecular complexity index is 1470. The van der Waals surface area contributed by atoms with Gasteiger partial charge in [0.25, 0.3) is 0 Å². The van der Waals surface area contributed by atoms with E-state index in [9.17, 15) is 9.59 Å². The molecule has 0 aromatic heterocycles. The first-order valence-electron chi connectivity index (χ1n) is 29.6. The number of hydrazine groups is 2. The molecule has 1 aliphatic heterocycles. The zero-order chi connectivity index (χ0) is 46.4. The van der Waals surface area contributed by atoms with Crippen LogP contribution in [0, 0.1) is 76.4 Å². The molecule has 9 nitrogen and oxygen atoms in total. The number of hydrogen-bond donors (Lipinski definition) is 4. The van der Waals surface area contributed by atoms with Crippen molar-refractivity contribution in [1.82, 2.24) is 26.9 Å². The molecule has 7 saturated carbocycles. The minimum absolute atomic E-state index is 0.0488. The first-order valence-corrected chi connectivity index (χ1v) is 30.1. The number of hydrogen-bond acceptors (Lipinski definition) is 7. The van der Waals surface area contributed by atoms with E-state index < -0.39 is 0 Å². The minimum Gasteiger partial charge on any atom is -0.296 e. The number of carbonyl (C=O) groups is 2. The maximum absolute atomic E-state index is 14.1. The van der Waals surface area contributed by atoms with Crippen LogP contribution in [-0.4, -0.2) is 54.4 Å². The van der Waals surface area contributed by atoms with E-state index in [-0.39, 0.29) is 23.7 Å². The average Bonchev–Trinajstić information content (AvgIpc) is 3.82. The summed E-state index contributed by atoms with van der Waals surface area (Å²) in [5.41, 5.74) is 12.4. The molecule has 14 unspecified atom stereocenters. The van der Waals surface area contributed by atoms with Gasteiger partial charge in [-0.15, -0.1) is 22.8 Å². The summed E-state index contributed by atoms with van der Waals surface area (Å²) in [6.07, 6.45) is 43.5. The maximum atomic E-state index is 14.1. The van der Waals surface area contributed by atoms with Gasteiger partial charge in [-0.1, -0.05) is 136 Å². The van der Waals surface area contributed by atoms with Crippen molar-refractivity contribution in [3.8, 4) is 0 Å². The summed E-state index contributed by atoms with van der Waals surface area (Å²) in [5.74, 6) is 8.01. The molecule has 1 heterocycles. The van der Waals surface area contributed by atoms with E-state index in [1.807, 2.05) is 0 Å². The van der Waals surface area contributed by atoms with Crippen molar-refractivity contribution in [2.75, 3.05) is 25.6 Å². The Kier molecular flexibility index (Phi) is 20.8. The Morgan fingerprint density at radius 2 is 1.10 bits per heavy atom. The Morgan fingerprint density at radius 3 is 1.82 bits per heavy atom. The molecule has 1 saturated heterocycles. The lowest BCUT2D eigenvalue weighted by Gasteiger charge is -2.46. The van der Waals surface area contributed by atoms with Crippen LogP contribution < -0.4 is 22.0 Å². The van der Waals surface area contributed by atoms with Gasteiger partial charge in [-0.05, 0) is 161 Å². The Morgan fingerprint density at radius 1 is 0.537 bits per heavy atom. The smallest absolute Gasteiger partial charge is 0.238 e. The topological polar surface area (TPSA) is 104 Å². The highest BCUT2D eigenvalue weighted by atomic mass is 35.5. The maximum Gasteiger partial charge on any atom is 0.238 e. The lowest BCUT2D eigenvalue weighted by atomic mass is 9.58. The average molecular weight is 955 g/mol. The number of amides is 2. The van der Waals surface area contributed by atoms with Crippen LogP contribution in [0.2, 0.25) is 0 Å². The van der Waals surface area contributed by atoms with Gasteiger partial charge >= 0.3 is 0 Å².